The summed E-state index contributed by atoms with van der Waals surface area (Å²) in [7, 11) is 1.66. The molecular formula is C28H19N5O4. The number of hydrogen-bond donors (Lipinski definition) is 2. The molecule has 1 aliphatic rings. The molecule has 5 aromatic rings. The van der Waals surface area contributed by atoms with Crippen LogP contribution in [0.4, 0.5) is 11.4 Å². The van der Waals surface area contributed by atoms with Gasteiger partial charge in [-0.1, -0.05) is 30.3 Å². The fraction of sp³-hybridized carbons (Fsp3) is 0.0357. The Kier molecular flexibility index (Phi) is 5.04. The third-order valence-electron chi connectivity index (χ3n) is 6.37. The van der Waals surface area contributed by atoms with Crippen LogP contribution in [-0.4, -0.2) is 32.3 Å². The van der Waals surface area contributed by atoms with Crippen molar-refractivity contribution in [3.63, 3.8) is 0 Å². The lowest BCUT2D eigenvalue weighted by atomic mass is 10.0. The molecule has 0 saturated heterocycles. The number of carbonyl (C=O) groups is 3. The average Bonchev–Trinajstić information content (AvgIpc) is 3.35. The van der Waals surface area contributed by atoms with E-state index in [0.717, 1.165) is 16.0 Å². The maximum atomic E-state index is 13.1. The molecule has 0 radical (unpaired) electrons. The molecule has 9 nitrogen and oxygen atoms in total. The summed E-state index contributed by atoms with van der Waals surface area (Å²) in [5, 5.41) is 2.84. The summed E-state index contributed by atoms with van der Waals surface area (Å²) in [6.07, 6.45) is 1.64. The highest BCUT2D eigenvalue weighted by Gasteiger charge is 2.36. The topological polar surface area (TPSA) is 117 Å². The number of H-pyrrole nitrogens is 1. The number of aryl methyl sites for hydroxylation is 1. The highest BCUT2D eigenvalue weighted by Crippen LogP contribution is 2.30. The van der Waals surface area contributed by atoms with Gasteiger partial charge in [0, 0.05) is 30.1 Å². The second kappa shape index (κ2) is 8.42. The van der Waals surface area contributed by atoms with E-state index in [1.165, 1.54) is 4.57 Å². The van der Waals surface area contributed by atoms with Gasteiger partial charge in [-0.05, 0) is 54.1 Å². The predicted octanol–water partition coefficient (Wildman–Crippen LogP) is 3.98. The Labute approximate surface area is 210 Å². The third-order valence-corrected chi connectivity index (χ3v) is 6.37. The SMILES string of the molecule is Cn1c(=O)[nH]c2ncc(-c3cccc(C(=O)Nc4cccc(N5C(=O)c6ccccc6C5=O)c4)c3)cc21. The van der Waals surface area contributed by atoms with Crippen LogP contribution < -0.4 is 15.9 Å². The Hall–Kier alpha value is -5.31. The molecule has 1 aliphatic heterocycles. The first-order chi connectivity index (χ1) is 17.9. The Bertz CT molecular complexity index is 1780. The maximum absolute atomic E-state index is 13.1. The van der Waals surface area contributed by atoms with Crippen LogP contribution in [0.1, 0.15) is 31.1 Å². The van der Waals surface area contributed by atoms with Gasteiger partial charge in [0.1, 0.15) is 0 Å². The van der Waals surface area contributed by atoms with Crippen molar-refractivity contribution in [1.29, 1.82) is 0 Å². The highest BCUT2D eigenvalue weighted by atomic mass is 16.2. The number of nitrogens with one attached hydrogen (secondary N) is 2. The monoisotopic (exact) mass is 489 g/mol. The Morgan fingerprint density at radius 3 is 2.32 bits per heavy atom. The van der Waals surface area contributed by atoms with Crippen molar-refractivity contribution in [3.8, 4) is 11.1 Å². The summed E-state index contributed by atoms with van der Waals surface area (Å²) < 4.78 is 1.48. The quantitative estimate of drug-likeness (QED) is 0.370. The fourth-order valence-corrected chi connectivity index (χ4v) is 4.45. The molecular weight excluding hydrogens is 470 g/mol. The normalized spacial score (nSPS) is 12.7. The highest BCUT2D eigenvalue weighted by molar-refractivity contribution is 6.34. The Morgan fingerprint density at radius 1 is 0.838 bits per heavy atom. The zero-order valence-electron chi connectivity index (χ0n) is 19.6. The molecule has 3 aromatic carbocycles. The average molecular weight is 489 g/mol. The number of rotatable bonds is 4. The number of benzene rings is 3. The van der Waals surface area contributed by atoms with Gasteiger partial charge in [-0.3, -0.25) is 23.9 Å². The van der Waals surface area contributed by atoms with Crippen LogP contribution >= 0.6 is 0 Å². The molecule has 2 aromatic heterocycles. The molecule has 2 N–H and O–H groups in total. The molecule has 0 saturated carbocycles. The van der Waals surface area contributed by atoms with E-state index in [1.54, 1.807) is 80.0 Å². The van der Waals surface area contributed by atoms with Gasteiger partial charge in [0.15, 0.2) is 5.65 Å². The molecule has 3 heterocycles. The third kappa shape index (κ3) is 3.69. The van der Waals surface area contributed by atoms with Crippen LogP contribution in [0.2, 0.25) is 0 Å². The Morgan fingerprint density at radius 2 is 1.57 bits per heavy atom. The van der Waals surface area contributed by atoms with Gasteiger partial charge in [0.2, 0.25) is 0 Å². The molecule has 180 valence electrons. The minimum atomic E-state index is -0.401. The lowest BCUT2D eigenvalue weighted by Crippen LogP contribution is -2.29. The van der Waals surface area contributed by atoms with E-state index in [9.17, 15) is 19.2 Å². The minimum absolute atomic E-state index is 0.254. The van der Waals surface area contributed by atoms with E-state index in [4.69, 9.17) is 0 Å². The second-order valence-corrected chi connectivity index (χ2v) is 8.66. The van der Waals surface area contributed by atoms with Crippen LogP contribution in [0, 0.1) is 0 Å². The zero-order valence-corrected chi connectivity index (χ0v) is 19.6. The van der Waals surface area contributed by atoms with E-state index in [1.807, 2.05) is 12.1 Å². The molecule has 6 rings (SSSR count). The second-order valence-electron chi connectivity index (χ2n) is 8.66. The van der Waals surface area contributed by atoms with Crippen LogP contribution in [0.5, 0.6) is 0 Å². The van der Waals surface area contributed by atoms with Crippen molar-refractivity contribution in [2.75, 3.05) is 10.2 Å². The molecule has 9 heteroatoms. The van der Waals surface area contributed by atoms with Gasteiger partial charge in [-0.25, -0.2) is 14.7 Å². The van der Waals surface area contributed by atoms with Gasteiger partial charge >= 0.3 is 5.69 Å². The number of anilines is 2. The first-order valence-electron chi connectivity index (χ1n) is 11.4. The van der Waals surface area contributed by atoms with E-state index in [0.29, 0.717) is 39.2 Å². The summed E-state index contributed by atoms with van der Waals surface area (Å²) in [5.41, 5.74) is 4.33. The molecule has 0 aliphatic carbocycles. The van der Waals surface area contributed by atoms with Crippen molar-refractivity contribution < 1.29 is 14.4 Å². The Balaban J connectivity index is 1.26. The molecule has 0 spiro atoms. The zero-order chi connectivity index (χ0) is 25.7. The van der Waals surface area contributed by atoms with Gasteiger partial charge in [-0.2, -0.15) is 0 Å². The molecule has 3 amide bonds. The molecule has 0 atom stereocenters. The van der Waals surface area contributed by atoms with E-state index >= 15 is 0 Å². The standard InChI is InChI=1S/C28H19N5O4/c1-32-23-13-18(15-29-24(23)31-28(32)37)16-6-4-7-17(12-16)25(34)30-19-8-5-9-20(14-19)33-26(35)21-10-2-3-11-22(21)27(33)36/h2-15H,1H3,(H,30,34)(H,29,31,37). The largest absolute Gasteiger partial charge is 0.327 e. The number of nitrogens with zero attached hydrogens (tertiary/aromatic N) is 3. The van der Waals surface area contributed by atoms with Crippen molar-refractivity contribution >= 4 is 40.3 Å². The number of carbonyl (C=O) groups excluding carboxylic acids is 3. The molecule has 0 unspecified atom stereocenters. The maximum Gasteiger partial charge on any atom is 0.327 e. The van der Waals surface area contributed by atoms with Gasteiger partial charge < -0.3 is 5.32 Å². The number of imidazole rings is 1. The lowest BCUT2D eigenvalue weighted by molar-refractivity contribution is 0.0925. The summed E-state index contributed by atoms with van der Waals surface area (Å²) in [6, 6.07) is 22.1. The lowest BCUT2D eigenvalue weighted by Gasteiger charge is -2.15. The van der Waals surface area contributed by atoms with E-state index < -0.39 is 11.8 Å². The van der Waals surface area contributed by atoms with Crippen molar-refractivity contribution in [1.82, 2.24) is 14.5 Å². The van der Waals surface area contributed by atoms with Crippen LogP contribution in [0.25, 0.3) is 22.3 Å². The number of aromatic amines is 1. The summed E-state index contributed by atoms with van der Waals surface area (Å²) in [4.78, 5) is 58.7. The fourth-order valence-electron chi connectivity index (χ4n) is 4.45. The van der Waals surface area contributed by atoms with Gasteiger partial charge in [0.05, 0.1) is 22.3 Å². The van der Waals surface area contributed by atoms with E-state index in [-0.39, 0.29) is 11.6 Å². The van der Waals surface area contributed by atoms with Gasteiger partial charge in [0.25, 0.3) is 17.7 Å². The first kappa shape index (κ1) is 22.2. The number of pyridine rings is 1. The smallest absolute Gasteiger partial charge is 0.322 e. The number of imide groups is 1. The summed E-state index contributed by atoms with van der Waals surface area (Å²) >= 11 is 0. The van der Waals surface area contributed by atoms with Crippen LogP contribution in [-0.2, 0) is 7.05 Å². The van der Waals surface area contributed by atoms with Crippen molar-refractivity contribution in [2.24, 2.45) is 7.05 Å². The summed E-state index contributed by atoms with van der Waals surface area (Å²) in [6.45, 7) is 0. The van der Waals surface area contributed by atoms with Crippen molar-refractivity contribution in [3.05, 3.63) is 112 Å². The number of aromatic nitrogens is 3. The summed E-state index contributed by atoms with van der Waals surface area (Å²) in [5.74, 6) is -1.16. The first-order valence-corrected chi connectivity index (χ1v) is 11.4. The van der Waals surface area contributed by atoms with E-state index in [2.05, 4.69) is 15.3 Å². The van der Waals surface area contributed by atoms with Crippen LogP contribution in [0.3, 0.4) is 0 Å². The van der Waals surface area contributed by atoms with Crippen molar-refractivity contribution in [2.45, 2.75) is 0 Å². The number of hydrogen-bond acceptors (Lipinski definition) is 5. The molecule has 0 bridgehead atoms. The molecule has 37 heavy (non-hydrogen) atoms. The number of fused-ring (bicyclic) bond motifs is 2. The van der Waals surface area contributed by atoms with Crippen LogP contribution in [0.15, 0.2) is 89.9 Å². The number of amides is 3. The predicted molar refractivity (Wildman–Crippen MR) is 139 cm³/mol. The van der Waals surface area contributed by atoms with Gasteiger partial charge in [-0.15, -0.1) is 0 Å². The molecule has 0 fully saturated rings. The minimum Gasteiger partial charge on any atom is -0.322 e.